The van der Waals surface area contributed by atoms with Crippen molar-refractivity contribution in [3.63, 3.8) is 0 Å². The lowest BCUT2D eigenvalue weighted by Gasteiger charge is -2.27. The molecule has 0 amide bonds. The highest BCUT2D eigenvalue weighted by Crippen LogP contribution is 2.28. The summed E-state index contributed by atoms with van der Waals surface area (Å²) in [5.41, 5.74) is 0.874. The van der Waals surface area contributed by atoms with E-state index in [0.717, 1.165) is 38.0 Å². The van der Waals surface area contributed by atoms with Gasteiger partial charge < -0.3 is 10.1 Å². The summed E-state index contributed by atoms with van der Waals surface area (Å²) in [6.45, 7) is 6.03. The van der Waals surface area contributed by atoms with Gasteiger partial charge in [-0.2, -0.15) is 0 Å². The minimum Gasteiger partial charge on any atom is -0.378 e. The Kier molecular flexibility index (Phi) is 5.82. The number of benzene rings is 1. The van der Waals surface area contributed by atoms with Crippen molar-refractivity contribution in [1.82, 2.24) is 5.32 Å². The van der Waals surface area contributed by atoms with Gasteiger partial charge in [0.15, 0.2) is 0 Å². The monoisotopic (exact) mass is 299 g/mol. The molecule has 0 radical (unpaired) electrons. The standard InChI is InChI=1S/C16H23ClFNO/c1-3-8-19-15(13-7-9-20-11(13)2)10-12-5-4-6-14(18)16(12)17/h4-6,11,13,15,19H,3,7-10H2,1-2H3. The van der Waals surface area contributed by atoms with E-state index in [4.69, 9.17) is 16.3 Å². The van der Waals surface area contributed by atoms with Crippen LogP contribution in [-0.2, 0) is 11.2 Å². The Morgan fingerprint density at radius 1 is 1.50 bits per heavy atom. The zero-order valence-electron chi connectivity index (χ0n) is 12.2. The average molecular weight is 300 g/mol. The Balaban J connectivity index is 2.12. The van der Waals surface area contributed by atoms with Crippen molar-refractivity contribution in [3.8, 4) is 0 Å². The second-order valence-electron chi connectivity index (χ2n) is 5.51. The molecule has 20 heavy (non-hydrogen) atoms. The van der Waals surface area contributed by atoms with Crippen LogP contribution in [0, 0.1) is 11.7 Å². The van der Waals surface area contributed by atoms with Crippen LogP contribution in [0.2, 0.25) is 5.02 Å². The predicted octanol–water partition coefficient (Wildman–Crippen LogP) is 3.81. The van der Waals surface area contributed by atoms with E-state index in [9.17, 15) is 4.39 Å². The summed E-state index contributed by atoms with van der Waals surface area (Å²) in [5.74, 6) is 0.120. The third-order valence-electron chi connectivity index (χ3n) is 4.08. The van der Waals surface area contributed by atoms with E-state index in [1.165, 1.54) is 6.07 Å². The second-order valence-corrected chi connectivity index (χ2v) is 5.88. The van der Waals surface area contributed by atoms with Crippen molar-refractivity contribution in [2.45, 2.75) is 45.3 Å². The van der Waals surface area contributed by atoms with Gasteiger partial charge in [-0.05, 0) is 44.4 Å². The molecular formula is C16H23ClFNO. The second kappa shape index (κ2) is 7.39. The van der Waals surface area contributed by atoms with E-state index in [2.05, 4.69) is 19.2 Å². The molecule has 1 aromatic carbocycles. The zero-order valence-corrected chi connectivity index (χ0v) is 12.9. The van der Waals surface area contributed by atoms with Gasteiger partial charge in [-0.15, -0.1) is 0 Å². The topological polar surface area (TPSA) is 21.3 Å². The number of halogens is 2. The molecule has 0 spiro atoms. The van der Waals surface area contributed by atoms with Gasteiger partial charge in [-0.3, -0.25) is 0 Å². The first-order chi connectivity index (χ1) is 9.63. The predicted molar refractivity (Wildman–Crippen MR) is 80.7 cm³/mol. The maximum absolute atomic E-state index is 13.6. The summed E-state index contributed by atoms with van der Waals surface area (Å²) in [7, 11) is 0. The highest BCUT2D eigenvalue weighted by atomic mass is 35.5. The van der Waals surface area contributed by atoms with Gasteiger partial charge in [0.1, 0.15) is 5.82 Å². The molecule has 3 atom stereocenters. The Morgan fingerprint density at radius 2 is 2.30 bits per heavy atom. The molecule has 1 fully saturated rings. The summed E-state index contributed by atoms with van der Waals surface area (Å²) in [4.78, 5) is 0. The van der Waals surface area contributed by atoms with Crippen LogP contribution in [0.4, 0.5) is 4.39 Å². The molecule has 0 aromatic heterocycles. The summed E-state index contributed by atoms with van der Waals surface area (Å²) in [5, 5.41) is 3.83. The molecule has 0 saturated carbocycles. The summed E-state index contributed by atoms with van der Waals surface area (Å²) in [6.07, 6.45) is 3.12. The lowest BCUT2D eigenvalue weighted by Crippen LogP contribution is -2.41. The number of hydrogen-bond acceptors (Lipinski definition) is 2. The summed E-state index contributed by atoms with van der Waals surface area (Å²) >= 11 is 6.08. The molecule has 4 heteroatoms. The van der Waals surface area contributed by atoms with E-state index < -0.39 is 0 Å². The third-order valence-corrected chi connectivity index (χ3v) is 4.50. The van der Waals surface area contributed by atoms with Gasteiger partial charge >= 0.3 is 0 Å². The van der Waals surface area contributed by atoms with Crippen molar-refractivity contribution in [3.05, 3.63) is 34.6 Å². The Hall–Kier alpha value is -0.640. The van der Waals surface area contributed by atoms with Crippen molar-refractivity contribution in [2.24, 2.45) is 5.92 Å². The SMILES string of the molecule is CCCNC(Cc1cccc(F)c1Cl)C1CCOC1C. The number of hydrogen-bond donors (Lipinski definition) is 1. The zero-order chi connectivity index (χ0) is 14.5. The van der Waals surface area contributed by atoms with Gasteiger partial charge in [0, 0.05) is 18.6 Å². The molecule has 0 bridgehead atoms. The van der Waals surface area contributed by atoms with E-state index in [0.29, 0.717) is 5.92 Å². The van der Waals surface area contributed by atoms with E-state index >= 15 is 0 Å². The molecule has 1 aromatic rings. The van der Waals surface area contributed by atoms with Crippen LogP contribution in [0.5, 0.6) is 0 Å². The minimum absolute atomic E-state index is 0.247. The van der Waals surface area contributed by atoms with Crippen LogP contribution < -0.4 is 5.32 Å². The first-order valence-corrected chi connectivity index (χ1v) is 7.79. The maximum atomic E-state index is 13.6. The quantitative estimate of drug-likeness (QED) is 0.862. The molecular weight excluding hydrogens is 277 g/mol. The fourth-order valence-corrected chi connectivity index (χ4v) is 3.13. The van der Waals surface area contributed by atoms with E-state index in [1.807, 2.05) is 6.07 Å². The normalized spacial score (nSPS) is 24.0. The van der Waals surface area contributed by atoms with Crippen LogP contribution in [0.1, 0.15) is 32.3 Å². The van der Waals surface area contributed by atoms with E-state index in [-0.39, 0.29) is 23.0 Å². The van der Waals surface area contributed by atoms with Gasteiger partial charge in [-0.1, -0.05) is 30.7 Å². The Labute approximate surface area is 125 Å². The molecule has 2 rings (SSSR count). The lowest BCUT2D eigenvalue weighted by molar-refractivity contribution is 0.0954. The maximum Gasteiger partial charge on any atom is 0.142 e. The van der Waals surface area contributed by atoms with Gasteiger partial charge in [0.25, 0.3) is 0 Å². The van der Waals surface area contributed by atoms with Crippen LogP contribution >= 0.6 is 11.6 Å². The van der Waals surface area contributed by atoms with Gasteiger partial charge in [0.05, 0.1) is 11.1 Å². The number of nitrogens with one attached hydrogen (secondary N) is 1. The Bertz CT molecular complexity index is 440. The van der Waals surface area contributed by atoms with Crippen LogP contribution in [-0.4, -0.2) is 25.3 Å². The van der Waals surface area contributed by atoms with Crippen LogP contribution in [0.3, 0.4) is 0 Å². The van der Waals surface area contributed by atoms with Crippen molar-refractivity contribution in [1.29, 1.82) is 0 Å². The molecule has 1 N–H and O–H groups in total. The van der Waals surface area contributed by atoms with Crippen molar-refractivity contribution < 1.29 is 9.13 Å². The molecule has 1 saturated heterocycles. The molecule has 1 aliphatic rings. The molecule has 2 nitrogen and oxygen atoms in total. The molecule has 1 heterocycles. The smallest absolute Gasteiger partial charge is 0.142 e. The molecule has 3 unspecified atom stereocenters. The summed E-state index contributed by atoms with van der Waals surface area (Å²) < 4.78 is 19.2. The third kappa shape index (κ3) is 3.72. The fourth-order valence-electron chi connectivity index (χ4n) is 2.92. The lowest BCUT2D eigenvalue weighted by atomic mass is 9.88. The van der Waals surface area contributed by atoms with Gasteiger partial charge in [0.2, 0.25) is 0 Å². The van der Waals surface area contributed by atoms with E-state index in [1.54, 1.807) is 6.07 Å². The van der Waals surface area contributed by atoms with Gasteiger partial charge in [-0.25, -0.2) is 4.39 Å². The average Bonchev–Trinajstić information content (AvgIpc) is 2.85. The largest absolute Gasteiger partial charge is 0.378 e. The van der Waals surface area contributed by atoms with Crippen LogP contribution in [0.25, 0.3) is 0 Å². The number of rotatable bonds is 6. The first-order valence-electron chi connectivity index (χ1n) is 7.41. The van der Waals surface area contributed by atoms with Crippen molar-refractivity contribution in [2.75, 3.05) is 13.2 Å². The molecule has 112 valence electrons. The Morgan fingerprint density at radius 3 is 2.95 bits per heavy atom. The minimum atomic E-state index is -0.339. The number of ether oxygens (including phenoxy) is 1. The molecule has 0 aliphatic carbocycles. The fraction of sp³-hybridized carbons (Fsp3) is 0.625. The summed E-state index contributed by atoms with van der Waals surface area (Å²) in [6, 6.07) is 5.32. The highest BCUT2D eigenvalue weighted by Gasteiger charge is 2.32. The van der Waals surface area contributed by atoms with Crippen LogP contribution in [0.15, 0.2) is 18.2 Å². The van der Waals surface area contributed by atoms with Crippen molar-refractivity contribution >= 4 is 11.6 Å². The highest BCUT2D eigenvalue weighted by molar-refractivity contribution is 6.31. The molecule has 1 aliphatic heterocycles. The first kappa shape index (κ1) is 15.7.